The van der Waals surface area contributed by atoms with Crippen LogP contribution in [-0.4, -0.2) is 24.9 Å². The minimum Gasteiger partial charge on any atom is -0.307 e. The standard InChI is InChI=1S/C17H12ClNO3S3/c1-25(21,22)13-8-4-11(5-9-13)14(10-2-6-12(18)7-3-10)15-16(20)19-17(23)24-15/h2-9H,1H3,(H,19,20,23)/b15-14-. The molecule has 1 heterocycles. The number of hydrogen-bond acceptors (Lipinski definition) is 5. The van der Waals surface area contributed by atoms with Crippen molar-refractivity contribution in [3.8, 4) is 0 Å². The van der Waals surface area contributed by atoms with Gasteiger partial charge in [0.2, 0.25) is 0 Å². The molecule has 0 aliphatic carbocycles. The molecule has 0 unspecified atom stereocenters. The lowest BCUT2D eigenvalue weighted by Gasteiger charge is -2.11. The van der Waals surface area contributed by atoms with E-state index in [9.17, 15) is 13.2 Å². The molecule has 2 aromatic rings. The maximum Gasteiger partial charge on any atom is 0.264 e. The average molecular weight is 410 g/mol. The molecule has 8 heteroatoms. The summed E-state index contributed by atoms with van der Waals surface area (Å²) in [5.74, 6) is -0.271. The van der Waals surface area contributed by atoms with Crippen molar-refractivity contribution in [1.82, 2.24) is 5.32 Å². The van der Waals surface area contributed by atoms with Gasteiger partial charge in [0.05, 0.1) is 9.80 Å². The van der Waals surface area contributed by atoms with Crippen LogP contribution in [0.15, 0.2) is 58.3 Å². The van der Waals surface area contributed by atoms with Crippen LogP contribution in [0, 0.1) is 0 Å². The molecule has 3 rings (SSSR count). The first-order valence-electron chi connectivity index (χ1n) is 7.09. The normalized spacial score (nSPS) is 16.7. The Balaban J connectivity index is 2.19. The fraction of sp³-hybridized carbons (Fsp3) is 0.0588. The molecule has 0 spiro atoms. The van der Waals surface area contributed by atoms with Crippen LogP contribution in [0.1, 0.15) is 11.1 Å². The Bertz CT molecular complexity index is 994. The maximum atomic E-state index is 12.3. The molecule has 0 saturated carbocycles. The van der Waals surface area contributed by atoms with Gasteiger partial charge in [0.25, 0.3) is 5.91 Å². The van der Waals surface area contributed by atoms with Crippen LogP contribution in [0.25, 0.3) is 5.57 Å². The molecule has 1 amide bonds. The van der Waals surface area contributed by atoms with Crippen LogP contribution in [0.4, 0.5) is 0 Å². The predicted molar refractivity (Wildman–Crippen MR) is 105 cm³/mol. The molecule has 1 fully saturated rings. The largest absolute Gasteiger partial charge is 0.307 e. The smallest absolute Gasteiger partial charge is 0.264 e. The fourth-order valence-electron chi connectivity index (χ4n) is 2.39. The highest BCUT2D eigenvalue weighted by molar-refractivity contribution is 8.26. The average Bonchev–Trinajstić information content (AvgIpc) is 2.87. The van der Waals surface area contributed by atoms with Crippen LogP contribution in [-0.2, 0) is 14.6 Å². The Labute approximate surface area is 160 Å². The molecule has 25 heavy (non-hydrogen) atoms. The van der Waals surface area contributed by atoms with Gasteiger partial charge < -0.3 is 5.32 Å². The third-order valence-corrected chi connectivity index (χ3v) is 6.16. The zero-order valence-corrected chi connectivity index (χ0v) is 16.2. The lowest BCUT2D eigenvalue weighted by Crippen LogP contribution is -2.18. The van der Waals surface area contributed by atoms with Gasteiger partial charge in [0.1, 0.15) is 4.32 Å². The van der Waals surface area contributed by atoms with Crippen molar-refractivity contribution < 1.29 is 13.2 Å². The number of hydrogen-bond donors (Lipinski definition) is 1. The van der Waals surface area contributed by atoms with E-state index in [1.807, 2.05) is 12.1 Å². The molecule has 4 nitrogen and oxygen atoms in total. The van der Waals surface area contributed by atoms with E-state index in [4.69, 9.17) is 23.8 Å². The first-order valence-corrected chi connectivity index (χ1v) is 10.6. The van der Waals surface area contributed by atoms with E-state index in [1.165, 1.54) is 23.9 Å². The van der Waals surface area contributed by atoms with E-state index < -0.39 is 9.84 Å². The molecule has 1 aliphatic heterocycles. The van der Waals surface area contributed by atoms with E-state index in [0.29, 0.717) is 19.8 Å². The van der Waals surface area contributed by atoms with Crippen molar-refractivity contribution in [3.05, 3.63) is 69.6 Å². The second-order valence-corrected chi connectivity index (χ2v) is 9.49. The van der Waals surface area contributed by atoms with Crippen molar-refractivity contribution in [2.45, 2.75) is 4.90 Å². The molecular formula is C17H12ClNO3S3. The number of thioether (sulfide) groups is 1. The highest BCUT2D eigenvalue weighted by atomic mass is 35.5. The Morgan fingerprint density at radius 3 is 2.00 bits per heavy atom. The quantitative estimate of drug-likeness (QED) is 0.619. The molecule has 0 aromatic heterocycles. The van der Waals surface area contributed by atoms with Gasteiger partial charge >= 0.3 is 0 Å². The number of rotatable bonds is 3. The van der Waals surface area contributed by atoms with Crippen molar-refractivity contribution >= 4 is 61.2 Å². The SMILES string of the molecule is CS(=O)(=O)c1ccc(/C(=C2\SC(=S)NC2=O)c2ccc(Cl)cc2)cc1. The van der Waals surface area contributed by atoms with Crippen molar-refractivity contribution in [3.63, 3.8) is 0 Å². The lowest BCUT2D eigenvalue weighted by atomic mass is 9.97. The maximum absolute atomic E-state index is 12.3. The summed E-state index contributed by atoms with van der Waals surface area (Å²) in [6.45, 7) is 0. The molecule has 0 bridgehead atoms. The van der Waals surface area contributed by atoms with Crippen molar-refractivity contribution in [1.29, 1.82) is 0 Å². The summed E-state index contributed by atoms with van der Waals surface area (Å²) in [5.41, 5.74) is 2.19. The summed E-state index contributed by atoms with van der Waals surface area (Å²) in [7, 11) is -3.29. The molecule has 128 valence electrons. The Morgan fingerprint density at radius 1 is 1.04 bits per heavy atom. The Hall–Kier alpha value is -1.67. The monoisotopic (exact) mass is 409 g/mol. The molecule has 1 saturated heterocycles. The van der Waals surface area contributed by atoms with Gasteiger partial charge in [-0.2, -0.15) is 0 Å². The number of carbonyl (C=O) groups excluding carboxylic acids is 1. The van der Waals surface area contributed by atoms with E-state index in [-0.39, 0.29) is 10.8 Å². The number of thiocarbonyl (C=S) groups is 1. The van der Waals surface area contributed by atoms with E-state index in [2.05, 4.69) is 5.32 Å². The van der Waals surface area contributed by atoms with Crippen LogP contribution in [0.3, 0.4) is 0 Å². The van der Waals surface area contributed by atoms with E-state index in [1.54, 1.807) is 24.3 Å². The zero-order valence-electron chi connectivity index (χ0n) is 12.9. The second-order valence-electron chi connectivity index (χ2n) is 5.35. The Kier molecular flexibility index (Phi) is 5.02. The number of sulfone groups is 1. The third-order valence-electron chi connectivity index (χ3n) is 3.55. The lowest BCUT2D eigenvalue weighted by molar-refractivity contribution is -0.115. The van der Waals surface area contributed by atoms with Gasteiger partial charge in [-0.1, -0.05) is 59.8 Å². The summed E-state index contributed by atoms with van der Waals surface area (Å²) in [6, 6.07) is 13.5. The Morgan fingerprint density at radius 2 is 1.56 bits per heavy atom. The first-order chi connectivity index (χ1) is 11.8. The second kappa shape index (κ2) is 6.92. The van der Waals surface area contributed by atoms with Crippen molar-refractivity contribution in [2.75, 3.05) is 6.26 Å². The number of halogens is 1. The van der Waals surface area contributed by atoms with Gasteiger partial charge in [-0.3, -0.25) is 4.79 Å². The van der Waals surface area contributed by atoms with Crippen molar-refractivity contribution in [2.24, 2.45) is 0 Å². The van der Waals surface area contributed by atoms with Gasteiger partial charge in [-0.15, -0.1) is 0 Å². The fourth-order valence-corrected chi connectivity index (χ4v) is 4.30. The number of nitrogens with one attached hydrogen (secondary N) is 1. The van der Waals surface area contributed by atoms with Crippen LogP contribution in [0.5, 0.6) is 0 Å². The van der Waals surface area contributed by atoms with Gasteiger partial charge in [-0.05, 0) is 35.4 Å². The van der Waals surface area contributed by atoms with Crippen LogP contribution in [0.2, 0.25) is 5.02 Å². The van der Waals surface area contributed by atoms with E-state index >= 15 is 0 Å². The van der Waals surface area contributed by atoms with Gasteiger partial charge in [0.15, 0.2) is 9.84 Å². The van der Waals surface area contributed by atoms with Gasteiger partial charge in [-0.25, -0.2) is 8.42 Å². The molecule has 0 atom stereocenters. The number of benzene rings is 2. The van der Waals surface area contributed by atoms with Crippen LogP contribution < -0.4 is 5.32 Å². The molecule has 1 aliphatic rings. The van der Waals surface area contributed by atoms with Crippen LogP contribution >= 0.6 is 35.6 Å². The molecule has 1 N–H and O–H groups in total. The first kappa shape index (κ1) is 18.1. The number of carbonyl (C=O) groups is 1. The summed E-state index contributed by atoms with van der Waals surface area (Å²) >= 11 is 12.2. The summed E-state index contributed by atoms with van der Waals surface area (Å²) < 4.78 is 23.7. The third kappa shape index (κ3) is 3.95. The van der Waals surface area contributed by atoms with E-state index in [0.717, 1.165) is 17.4 Å². The topological polar surface area (TPSA) is 63.2 Å². The molecule has 0 radical (unpaired) electrons. The molecular weight excluding hydrogens is 398 g/mol. The van der Waals surface area contributed by atoms with Gasteiger partial charge in [0, 0.05) is 16.9 Å². The summed E-state index contributed by atoms with van der Waals surface area (Å²) in [4.78, 5) is 13.0. The molecule has 2 aromatic carbocycles. The minimum absolute atomic E-state index is 0.218. The summed E-state index contributed by atoms with van der Waals surface area (Å²) in [5, 5.41) is 3.19. The summed E-state index contributed by atoms with van der Waals surface area (Å²) in [6.07, 6.45) is 1.15. The minimum atomic E-state index is -3.29. The number of amides is 1. The highest BCUT2D eigenvalue weighted by Crippen LogP contribution is 2.36. The highest BCUT2D eigenvalue weighted by Gasteiger charge is 2.27. The predicted octanol–water partition coefficient (Wildman–Crippen LogP) is 3.65. The zero-order chi connectivity index (χ0) is 18.2.